The fourth-order valence-corrected chi connectivity index (χ4v) is 2.89. The molecule has 23 heavy (non-hydrogen) atoms. The molecule has 2 aromatic rings. The first-order valence-electron chi connectivity index (χ1n) is 7.95. The van der Waals surface area contributed by atoms with Gasteiger partial charge in [-0.3, -0.25) is 9.78 Å². The van der Waals surface area contributed by atoms with Gasteiger partial charge in [-0.15, -0.1) is 0 Å². The zero-order valence-corrected chi connectivity index (χ0v) is 13.9. The van der Waals surface area contributed by atoms with Crippen LogP contribution in [0.3, 0.4) is 0 Å². The van der Waals surface area contributed by atoms with Gasteiger partial charge in [0.2, 0.25) is 0 Å². The predicted octanol–water partition coefficient (Wildman–Crippen LogP) is 2.36. The van der Waals surface area contributed by atoms with Crippen LogP contribution >= 0.6 is 0 Å². The molecule has 0 unspecified atom stereocenters. The lowest BCUT2D eigenvalue weighted by Gasteiger charge is -2.36. The molecule has 0 aliphatic carbocycles. The monoisotopic (exact) mass is 310 g/mol. The Kier molecular flexibility index (Phi) is 4.28. The summed E-state index contributed by atoms with van der Waals surface area (Å²) in [6.45, 7) is 9.26. The van der Waals surface area contributed by atoms with Crippen LogP contribution in [0.1, 0.15) is 27.3 Å². The van der Waals surface area contributed by atoms with Gasteiger partial charge in [0.25, 0.3) is 5.91 Å². The first kappa shape index (κ1) is 15.5. The number of aromatic nitrogens is 2. The van der Waals surface area contributed by atoms with E-state index >= 15 is 0 Å². The molecule has 1 aliphatic heterocycles. The third kappa shape index (κ3) is 3.18. The van der Waals surface area contributed by atoms with Crippen molar-refractivity contribution in [2.75, 3.05) is 31.1 Å². The van der Waals surface area contributed by atoms with Crippen LogP contribution in [0.4, 0.5) is 5.69 Å². The second-order valence-corrected chi connectivity index (χ2v) is 6.04. The maximum atomic E-state index is 12.5. The van der Waals surface area contributed by atoms with Crippen molar-refractivity contribution in [1.29, 1.82) is 0 Å². The fraction of sp³-hybridized carbons (Fsp3) is 0.389. The van der Waals surface area contributed by atoms with Gasteiger partial charge in [0.05, 0.1) is 11.9 Å². The molecule has 2 heterocycles. The van der Waals surface area contributed by atoms with E-state index in [0.29, 0.717) is 18.8 Å². The lowest BCUT2D eigenvalue weighted by atomic mass is 10.1. The molecule has 1 aromatic heterocycles. The minimum absolute atomic E-state index is 0.0295. The largest absolute Gasteiger partial charge is 0.368 e. The minimum Gasteiger partial charge on any atom is -0.368 e. The van der Waals surface area contributed by atoms with E-state index in [1.807, 2.05) is 11.8 Å². The molecule has 120 valence electrons. The van der Waals surface area contributed by atoms with Crippen molar-refractivity contribution in [3.05, 3.63) is 53.1 Å². The Hall–Kier alpha value is -2.43. The fourth-order valence-electron chi connectivity index (χ4n) is 2.89. The highest BCUT2D eigenvalue weighted by atomic mass is 16.2. The lowest BCUT2D eigenvalue weighted by Crippen LogP contribution is -2.49. The molecule has 0 spiro atoms. The molecule has 5 nitrogen and oxygen atoms in total. The number of hydrogen-bond donors (Lipinski definition) is 0. The molecule has 1 aliphatic rings. The molecule has 0 saturated carbocycles. The second kappa shape index (κ2) is 6.36. The van der Waals surface area contributed by atoms with E-state index in [1.54, 1.807) is 12.4 Å². The molecule has 1 saturated heterocycles. The van der Waals surface area contributed by atoms with Crippen molar-refractivity contribution in [2.24, 2.45) is 0 Å². The molecule has 5 heteroatoms. The van der Waals surface area contributed by atoms with Crippen LogP contribution in [0.2, 0.25) is 0 Å². The second-order valence-electron chi connectivity index (χ2n) is 6.04. The smallest absolute Gasteiger partial charge is 0.274 e. The van der Waals surface area contributed by atoms with Gasteiger partial charge < -0.3 is 9.80 Å². The molecule has 0 atom stereocenters. The topological polar surface area (TPSA) is 49.3 Å². The zero-order valence-electron chi connectivity index (χ0n) is 13.9. The van der Waals surface area contributed by atoms with Crippen LogP contribution in [-0.4, -0.2) is 47.0 Å². The highest BCUT2D eigenvalue weighted by Crippen LogP contribution is 2.24. The molecule has 0 radical (unpaired) electrons. The number of benzene rings is 1. The summed E-state index contributed by atoms with van der Waals surface area (Å²) in [5, 5.41) is 0. The van der Waals surface area contributed by atoms with Gasteiger partial charge in [0.1, 0.15) is 5.69 Å². The number of piperazine rings is 1. The number of rotatable bonds is 2. The average molecular weight is 310 g/mol. The van der Waals surface area contributed by atoms with Crippen molar-refractivity contribution in [1.82, 2.24) is 14.9 Å². The summed E-state index contributed by atoms with van der Waals surface area (Å²) in [6, 6.07) is 6.39. The number of hydrogen-bond acceptors (Lipinski definition) is 4. The molecule has 1 aromatic carbocycles. The zero-order chi connectivity index (χ0) is 16.4. The lowest BCUT2D eigenvalue weighted by molar-refractivity contribution is 0.0740. The highest BCUT2D eigenvalue weighted by molar-refractivity contribution is 5.92. The number of carbonyl (C=O) groups excluding carboxylic acids is 1. The first-order chi connectivity index (χ1) is 11.1. The Labute approximate surface area is 137 Å². The summed E-state index contributed by atoms with van der Waals surface area (Å²) in [7, 11) is 0. The Morgan fingerprint density at radius 3 is 2.39 bits per heavy atom. The molecule has 3 rings (SSSR count). The molecule has 1 amide bonds. The normalized spacial score (nSPS) is 14.9. The third-order valence-corrected chi connectivity index (χ3v) is 4.48. The Balaban J connectivity index is 1.67. The summed E-state index contributed by atoms with van der Waals surface area (Å²) in [6.07, 6.45) is 3.20. The Morgan fingerprint density at radius 1 is 1.00 bits per heavy atom. The van der Waals surface area contributed by atoms with Crippen molar-refractivity contribution in [3.63, 3.8) is 0 Å². The first-order valence-corrected chi connectivity index (χ1v) is 7.95. The Morgan fingerprint density at radius 2 is 1.74 bits per heavy atom. The van der Waals surface area contributed by atoms with Gasteiger partial charge in [-0.05, 0) is 38.0 Å². The van der Waals surface area contributed by atoms with E-state index in [2.05, 4.69) is 46.9 Å². The predicted molar refractivity (Wildman–Crippen MR) is 90.8 cm³/mol. The summed E-state index contributed by atoms with van der Waals surface area (Å²) >= 11 is 0. The Bertz CT molecular complexity index is 703. The van der Waals surface area contributed by atoms with E-state index in [9.17, 15) is 4.79 Å². The van der Waals surface area contributed by atoms with Crippen LogP contribution in [0, 0.1) is 20.8 Å². The number of aryl methyl sites for hydroxylation is 2. The van der Waals surface area contributed by atoms with Gasteiger partial charge in [-0.25, -0.2) is 4.98 Å². The molecular weight excluding hydrogens is 288 g/mol. The van der Waals surface area contributed by atoms with E-state index in [-0.39, 0.29) is 5.91 Å². The number of nitrogens with zero attached hydrogens (tertiary/aromatic N) is 4. The van der Waals surface area contributed by atoms with E-state index in [0.717, 1.165) is 18.8 Å². The maximum absolute atomic E-state index is 12.5. The van der Waals surface area contributed by atoms with Gasteiger partial charge in [0.15, 0.2) is 0 Å². The van der Waals surface area contributed by atoms with Crippen LogP contribution in [0.15, 0.2) is 30.6 Å². The standard InChI is InChI=1S/C18H22N4O/c1-13-5-4-6-17(15(13)3)21-7-9-22(10-8-21)18(23)16-12-19-14(2)11-20-16/h4-6,11-12H,7-10H2,1-3H3. The molecule has 0 N–H and O–H groups in total. The number of carbonyl (C=O) groups is 1. The summed E-state index contributed by atoms with van der Waals surface area (Å²) in [4.78, 5) is 25.0. The van der Waals surface area contributed by atoms with Crippen molar-refractivity contribution in [2.45, 2.75) is 20.8 Å². The highest BCUT2D eigenvalue weighted by Gasteiger charge is 2.24. The van der Waals surface area contributed by atoms with Crippen molar-refractivity contribution >= 4 is 11.6 Å². The van der Waals surface area contributed by atoms with E-state index in [1.165, 1.54) is 16.8 Å². The molecular formula is C18H22N4O. The quantitative estimate of drug-likeness (QED) is 0.854. The van der Waals surface area contributed by atoms with Crippen LogP contribution in [0.5, 0.6) is 0 Å². The van der Waals surface area contributed by atoms with Crippen LogP contribution in [0.25, 0.3) is 0 Å². The van der Waals surface area contributed by atoms with Gasteiger partial charge in [-0.2, -0.15) is 0 Å². The number of anilines is 1. The average Bonchev–Trinajstić information content (AvgIpc) is 2.58. The van der Waals surface area contributed by atoms with E-state index < -0.39 is 0 Å². The van der Waals surface area contributed by atoms with Crippen LogP contribution < -0.4 is 4.90 Å². The number of amides is 1. The van der Waals surface area contributed by atoms with Gasteiger partial charge in [-0.1, -0.05) is 12.1 Å². The third-order valence-electron chi connectivity index (χ3n) is 4.48. The van der Waals surface area contributed by atoms with Crippen molar-refractivity contribution in [3.8, 4) is 0 Å². The van der Waals surface area contributed by atoms with Gasteiger partial charge >= 0.3 is 0 Å². The SMILES string of the molecule is Cc1cnc(C(=O)N2CCN(c3cccc(C)c3C)CC2)cn1. The minimum atomic E-state index is -0.0295. The summed E-state index contributed by atoms with van der Waals surface area (Å²) < 4.78 is 0. The summed E-state index contributed by atoms with van der Waals surface area (Å²) in [5.74, 6) is -0.0295. The summed E-state index contributed by atoms with van der Waals surface area (Å²) in [5.41, 5.74) is 5.14. The maximum Gasteiger partial charge on any atom is 0.274 e. The van der Waals surface area contributed by atoms with E-state index in [4.69, 9.17) is 0 Å². The molecule has 1 fully saturated rings. The van der Waals surface area contributed by atoms with Crippen LogP contribution in [-0.2, 0) is 0 Å². The van der Waals surface area contributed by atoms with Gasteiger partial charge in [0, 0.05) is 38.1 Å². The molecule has 0 bridgehead atoms. The van der Waals surface area contributed by atoms with Crippen molar-refractivity contribution < 1.29 is 4.79 Å².